The van der Waals surface area contributed by atoms with E-state index in [0.29, 0.717) is 0 Å². The maximum absolute atomic E-state index is 5.02. The molecule has 0 aliphatic rings. The van der Waals surface area contributed by atoms with E-state index in [1.165, 1.54) is 42.4 Å². The van der Waals surface area contributed by atoms with Crippen molar-refractivity contribution in [2.45, 2.75) is 0 Å². The second-order valence-electron chi connectivity index (χ2n) is 10.2. The Kier molecular flexibility index (Phi) is 6.21. The van der Waals surface area contributed by atoms with Gasteiger partial charge in [0.05, 0.1) is 16.3 Å². The lowest BCUT2D eigenvalue weighted by molar-refractivity contribution is 1.19. The molecule has 0 atom stereocenters. The first kappa shape index (κ1) is 24.9. The maximum Gasteiger partial charge on any atom is 0.170 e. The van der Waals surface area contributed by atoms with Crippen molar-refractivity contribution in [2.75, 3.05) is 0 Å². The molecule has 0 amide bonds. The molecule has 0 N–H and O–H groups in total. The third-order valence-corrected chi connectivity index (χ3v) is 9.74. The molecule has 198 valence electrons. The number of nitrogens with zero attached hydrogens (tertiary/aromatic N) is 2. The fourth-order valence-corrected chi connectivity index (χ4v) is 7.41. The molecule has 0 aliphatic carbocycles. The Morgan fingerprint density at radius 1 is 0.452 bits per heavy atom. The van der Waals surface area contributed by atoms with Gasteiger partial charge in [-0.25, -0.2) is 9.97 Å². The molecule has 0 aliphatic heterocycles. The summed E-state index contributed by atoms with van der Waals surface area (Å²) in [6.45, 7) is 0. The lowest BCUT2D eigenvalue weighted by Gasteiger charge is -2.10. The van der Waals surface area contributed by atoms with Crippen molar-refractivity contribution in [1.82, 2.24) is 9.97 Å². The number of hydrogen-bond acceptors (Lipinski definition) is 4. The summed E-state index contributed by atoms with van der Waals surface area (Å²) in [6.07, 6.45) is 0. The summed E-state index contributed by atoms with van der Waals surface area (Å²) >= 11 is 3.53. The predicted molar refractivity (Wildman–Crippen MR) is 180 cm³/mol. The molecule has 0 fully saturated rings. The van der Waals surface area contributed by atoms with Gasteiger partial charge in [-0.05, 0) is 45.8 Å². The Bertz CT molecular complexity index is 2160. The van der Waals surface area contributed by atoms with Gasteiger partial charge in [0.2, 0.25) is 0 Å². The van der Waals surface area contributed by atoms with Crippen LogP contribution < -0.4 is 0 Å². The van der Waals surface area contributed by atoms with Crippen LogP contribution in [0.25, 0.3) is 75.6 Å². The molecule has 8 aromatic rings. The largest absolute Gasteiger partial charge is 0.227 e. The summed E-state index contributed by atoms with van der Waals surface area (Å²) in [4.78, 5) is 11.1. The van der Waals surface area contributed by atoms with Gasteiger partial charge in [0.15, 0.2) is 5.82 Å². The summed E-state index contributed by atoms with van der Waals surface area (Å²) < 4.78 is 2.65. The summed E-state index contributed by atoms with van der Waals surface area (Å²) in [7, 11) is 0. The summed E-state index contributed by atoms with van der Waals surface area (Å²) in [5, 5.41) is 4.71. The Hall–Kier alpha value is -4.90. The van der Waals surface area contributed by atoms with Gasteiger partial charge in [-0.2, -0.15) is 0 Å². The van der Waals surface area contributed by atoms with Crippen LogP contribution in [0.2, 0.25) is 0 Å². The average Bonchev–Trinajstić information content (AvgIpc) is 3.74. The number of fused-ring (bicyclic) bond motifs is 3. The fraction of sp³-hybridized carbons (Fsp3) is 0. The van der Waals surface area contributed by atoms with Gasteiger partial charge in [0.25, 0.3) is 0 Å². The van der Waals surface area contributed by atoms with Crippen LogP contribution in [0, 0.1) is 0 Å². The molecule has 2 nitrogen and oxygen atoms in total. The summed E-state index contributed by atoms with van der Waals surface area (Å²) in [5.74, 6) is 0.753. The molecular formula is C38H24N2S2. The van der Waals surface area contributed by atoms with Gasteiger partial charge in [-0.15, -0.1) is 22.7 Å². The molecule has 0 saturated heterocycles. The Balaban J connectivity index is 1.19. The third-order valence-electron chi connectivity index (χ3n) is 7.65. The van der Waals surface area contributed by atoms with Crippen LogP contribution >= 0.6 is 22.7 Å². The van der Waals surface area contributed by atoms with Crippen molar-refractivity contribution in [3.63, 3.8) is 0 Å². The fourth-order valence-electron chi connectivity index (χ4n) is 5.52. The van der Waals surface area contributed by atoms with E-state index in [4.69, 9.17) is 9.97 Å². The first-order valence-electron chi connectivity index (χ1n) is 13.9. The van der Waals surface area contributed by atoms with Crippen LogP contribution in [0.15, 0.2) is 145 Å². The van der Waals surface area contributed by atoms with E-state index in [1.54, 1.807) is 11.3 Å². The van der Waals surface area contributed by atoms with Crippen molar-refractivity contribution in [1.29, 1.82) is 0 Å². The second-order valence-corrected chi connectivity index (χ2v) is 12.2. The molecule has 0 saturated carbocycles. The van der Waals surface area contributed by atoms with Gasteiger partial charge in [-0.1, -0.05) is 121 Å². The van der Waals surface area contributed by atoms with E-state index in [1.807, 2.05) is 23.5 Å². The molecule has 8 rings (SSSR count). The van der Waals surface area contributed by atoms with Crippen LogP contribution in [-0.4, -0.2) is 9.97 Å². The smallest absolute Gasteiger partial charge is 0.170 e. The van der Waals surface area contributed by atoms with E-state index >= 15 is 0 Å². The van der Waals surface area contributed by atoms with Gasteiger partial charge < -0.3 is 0 Å². The maximum atomic E-state index is 5.02. The van der Waals surface area contributed by atoms with Crippen molar-refractivity contribution in [2.24, 2.45) is 0 Å². The van der Waals surface area contributed by atoms with E-state index in [2.05, 4.69) is 133 Å². The minimum absolute atomic E-state index is 0.753. The average molecular weight is 573 g/mol. The zero-order chi connectivity index (χ0) is 27.9. The SMILES string of the molecule is c1ccc(-c2ccc(-c3cc(-c4ccc(-c5cccc6c5sc5ccccc56)cc4)nc(-c4cccs4)n3)cc2)cc1. The van der Waals surface area contributed by atoms with Crippen molar-refractivity contribution >= 4 is 42.8 Å². The minimum atomic E-state index is 0.753. The molecule has 4 heteroatoms. The lowest BCUT2D eigenvalue weighted by atomic mass is 9.99. The standard InChI is InChI=1S/C38H24N2S2/c1-2-8-25(9-3-1)26-15-19-28(20-16-26)33-24-34(40-38(39-33)36-14-7-23-41-36)29-21-17-27(18-22-29)30-11-6-12-32-31-10-4-5-13-35(31)42-37(30)32/h1-24H. The zero-order valence-electron chi connectivity index (χ0n) is 22.6. The third kappa shape index (κ3) is 4.51. The quantitative estimate of drug-likeness (QED) is 0.205. The predicted octanol–water partition coefficient (Wildman–Crippen LogP) is 11.2. The molecule has 0 bridgehead atoms. The van der Waals surface area contributed by atoms with E-state index in [9.17, 15) is 0 Å². The summed E-state index contributed by atoms with van der Waals surface area (Å²) in [6, 6.07) is 49.4. The van der Waals surface area contributed by atoms with E-state index < -0.39 is 0 Å². The molecule has 42 heavy (non-hydrogen) atoms. The van der Waals surface area contributed by atoms with Gasteiger partial charge in [0.1, 0.15) is 0 Å². The van der Waals surface area contributed by atoms with Crippen LogP contribution in [-0.2, 0) is 0 Å². The lowest BCUT2D eigenvalue weighted by Crippen LogP contribution is -1.95. The molecule has 3 aromatic heterocycles. The zero-order valence-corrected chi connectivity index (χ0v) is 24.2. The normalized spacial score (nSPS) is 11.3. The number of benzene rings is 5. The summed E-state index contributed by atoms with van der Waals surface area (Å²) in [5.41, 5.74) is 8.86. The Morgan fingerprint density at radius 2 is 1.07 bits per heavy atom. The Morgan fingerprint density at radius 3 is 1.79 bits per heavy atom. The van der Waals surface area contributed by atoms with E-state index in [-0.39, 0.29) is 0 Å². The molecule has 0 spiro atoms. The minimum Gasteiger partial charge on any atom is -0.227 e. The van der Waals surface area contributed by atoms with Gasteiger partial charge in [0, 0.05) is 31.3 Å². The first-order valence-corrected chi connectivity index (χ1v) is 15.6. The van der Waals surface area contributed by atoms with E-state index in [0.717, 1.165) is 33.2 Å². The molecule has 3 heterocycles. The highest BCUT2D eigenvalue weighted by Crippen LogP contribution is 2.40. The highest BCUT2D eigenvalue weighted by Gasteiger charge is 2.13. The topological polar surface area (TPSA) is 25.8 Å². The van der Waals surface area contributed by atoms with Crippen molar-refractivity contribution < 1.29 is 0 Å². The monoisotopic (exact) mass is 572 g/mol. The highest BCUT2D eigenvalue weighted by molar-refractivity contribution is 7.26. The highest BCUT2D eigenvalue weighted by atomic mass is 32.1. The molecular weight excluding hydrogens is 549 g/mol. The van der Waals surface area contributed by atoms with Crippen molar-refractivity contribution in [3.05, 3.63) is 145 Å². The molecule has 5 aromatic carbocycles. The number of hydrogen-bond donors (Lipinski definition) is 0. The van der Waals surface area contributed by atoms with Crippen LogP contribution in [0.1, 0.15) is 0 Å². The number of aromatic nitrogens is 2. The van der Waals surface area contributed by atoms with Crippen LogP contribution in [0.3, 0.4) is 0 Å². The number of thiophene rings is 2. The van der Waals surface area contributed by atoms with Crippen molar-refractivity contribution in [3.8, 4) is 55.5 Å². The number of rotatable bonds is 5. The first-order chi connectivity index (χ1) is 20.8. The second kappa shape index (κ2) is 10.5. The Labute approximate surface area is 252 Å². The van der Waals surface area contributed by atoms with Gasteiger partial charge >= 0.3 is 0 Å². The molecule has 0 unspecified atom stereocenters. The molecule has 0 radical (unpaired) electrons. The van der Waals surface area contributed by atoms with Gasteiger partial charge in [-0.3, -0.25) is 0 Å². The van der Waals surface area contributed by atoms with Crippen LogP contribution in [0.4, 0.5) is 0 Å². The van der Waals surface area contributed by atoms with Crippen LogP contribution in [0.5, 0.6) is 0 Å².